The van der Waals surface area contributed by atoms with E-state index < -0.39 is 36.2 Å². The van der Waals surface area contributed by atoms with Gasteiger partial charge < -0.3 is 19.7 Å². The molecule has 224 valence electrons. The standard InChI is InChI=1S/C33H51NO6/c1-18-21-9-12-32(6)22-10-14-33(27(37)28(34-38)40-29-26(39-29)19(2)35)16-15-30(3,4)17-23(33)20(22)7-8-25(32)31(21,5)13-11-24(18)36/h7,18-19,21-23,25-29,35,37H,8-17H2,1-6H3. The second-order valence-electron chi connectivity index (χ2n) is 15.9. The van der Waals surface area contributed by atoms with Crippen LogP contribution in [0.15, 0.2) is 16.8 Å². The van der Waals surface area contributed by atoms with E-state index in [0.29, 0.717) is 23.5 Å². The second-order valence-corrected chi connectivity index (χ2v) is 15.9. The molecule has 6 rings (SSSR count). The van der Waals surface area contributed by atoms with Crippen LogP contribution < -0.4 is 0 Å². The summed E-state index contributed by atoms with van der Waals surface area (Å²) in [6, 6.07) is 0. The van der Waals surface area contributed by atoms with E-state index in [1.165, 1.54) is 5.57 Å². The third-order valence-corrected chi connectivity index (χ3v) is 13.5. The van der Waals surface area contributed by atoms with Crippen molar-refractivity contribution in [2.24, 2.45) is 56.4 Å². The molecule has 13 unspecified atom stereocenters. The van der Waals surface area contributed by atoms with Gasteiger partial charge in [0.25, 0.3) is 0 Å². The number of ketones is 1. The number of hydrogen-bond donors (Lipinski definition) is 2. The molecule has 0 aromatic carbocycles. The summed E-state index contributed by atoms with van der Waals surface area (Å²) >= 11 is 0. The van der Waals surface area contributed by atoms with Gasteiger partial charge in [-0.25, -0.2) is 0 Å². The van der Waals surface area contributed by atoms with E-state index in [1.54, 1.807) is 6.92 Å². The lowest BCUT2D eigenvalue weighted by atomic mass is 9.38. The van der Waals surface area contributed by atoms with Crippen LogP contribution in [-0.4, -0.2) is 46.8 Å². The van der Waals surface area contributed by atoms with E-state index in [2.05, 4.69) is 45.9 Å². The number of ether oxygens (including phenoxy) is 2. The highest BCUT2D eigenvalue weighted by molar-refractivity contribution is 5.82. The van der Waals surface area contributed by atoms with Crippen molar-refractivity contribution < 1.29 is 24.5 Å². The SMILES string of the molecule is CC(O)C1OC1OC(N=O)C(O)C12CCC3C(=CCC4C3(C)CCC3C(C)C(=O)CCC34C)C1CC(C)(C)CC2. The van der Waals surface area contributed by atoms with Crippen molar-refractivity contribution in [2.75, 3.05) is 0 Å². The zero-order chi connectivity index (χ0) is 28.8. The lowest BCUT2D eigenvalue weighted by Gasteiger charge is -2.66. The number of carbonyl (C=O) groups excluding carboxylic acids is 1. The van der Waals surface area contributed by atoms with Crippen LogP contribution in [0.5, 0.6) is 0 Å². The zero-order valence-electron chi connectivity index (χ0n) is 25.4. The van der Waals surface area contributed by atoms with Crippen LogP contribution in [0.1, 0.15) is 106 Å². The maximum atomic E-state index is 12.7. The van der Waals surface area contributed by atoms with E-state index in [-0.39, 0.29) is 28.1 Å². The molecule has 0 spiro atoms. The van der Waals surface area contributed by atoms with Crippen LogP contribution in [0.4, 0.5) is 0 Å². The molecule has 2 N–H and O–H groups in total. The number of epoxide rings is 1. The van der Waals surface area contributed by atoms with Gasteiger partial charge in [-0.05, 0) is 110 Å². The molecule has 0 radical (unpaired) electrons. The predicted octanol–water partition coefficient (Wildman–Crippen LogP) is 6.15. The van der Waals surface area contributed by atoms with Crippen molar-refractivity contribution in [3.63, 3.8) is 0 Å². The number of nitroso groups, excluding NO2 is 1. The molecule has 0 aromatic rings. The van der Waals surface area contributed by atoms with Crippen LogP contribution in [0.25, 0.3) is 0 Å². The van der Waals surface area contributed by atoms with Crippen molar-refractivity contribution in [3.05, 3.63) is 16.6 Å². The number of fused-ring (bicyclic) bond motifs is 7. The zero-order valence-corrected chi connectivity index (χ0v) is 25.4. The smallest absolute Gasteiger partial charge is 0.218 e. The summed E-state index contributed by atoms with van der Waals surface area (Å²) in [5, 5.41) is 25.1. The first-order valence-corrected chi connectivity index (χ1v) is 16.0. The largest absolute Gasteiger partial charge is 0.391 e. The maximum absolute atomic E-state index is 12.7. The third kappa shape index (κ3) is 4.23. The molecule has 7 nitrogen and oxygen atoms in total. The Kier molecular flexibility index (Phi) is 7.01. The number of carbonyl (C=O) groups is 1. The van der Waals surface area contributed by atoms with Crippen LogP contribution in [0.2, 0.25) is 0 Å². The summed E-state index contributed by atoms with van der Waals surface area (Å²) in [6.45, 7) is 13.5. The van der Waals surface area contributed by atoms with E-state index >= 15 is 0 Å². The molecule has 40 heavy (non-hydrogen) atoms. The fourth-order valence-electron chi connectivity index (χ4n) is 11.0. The van der Waals surface area contributed by atoms with Gasteiger partial charge in [0, 0.05) is 17.8 Å². The average molecular weight is 558 g/mol. The number of aliphatic hydroxyl groups excluding tert-OH is 2. The van der Waals surface area contributed by atoms with Gasteiger partial charge in [0.1, 0.15) is 18.0 Å². The Labute approximate surface area is 239 Å². The number of Topliss-reactive ketones (excluding diaryl/α,β-unsaturated/α-hetero) is 1. The highest BCUT2D eigenvalue weighted by Crippen LogP contribution is 2.71. The molecular weight excluding hydrogens is 506 g/mol. The summed E-state index contributed by atoms with van der Waals surface area (Å²) in [7, 11) is 0. The summed E-state index contributed by atoms with van der Waals surface area (Å²) in [5.74, 6) is 2.31. The van der Waals surface area contributed by atoms with Crippen molar-refractivity contribution in [2.45, 2.75) is 137 Å². The van der Waals surface area contributed by atoms with Gasteiger partial charge in [-0.1, -0.05) is 46.3 Å². The lowest BCUT2D eigenvalue weighted by molar-refractivity contribution is -0.176. The maximum Gasteiger partial charge on any atom is 0.218 e. The average Bonchev–Trinajstić information content (AvgIpc) is 3.68. The first-order chi connectivity index (χ1) is 18.8. The molecule has 4 saturated carbocycles. The number of hydrogen-bond acceptors (Lipinski definition) is 7. The predicted molar refractivity (Wildman–Crippen MR) is 152 cm³/mol. The highest BCUT2D eigenvalue weighted by Gasteiger charge is 2.65. The summed E-state index contributed by atoms with van der Waals surface area (Å²) in [4.78, 5) is 24.8. The molecule has 13 atom stereocenters. The lowest BCUT2D eigenvalue weighted by Crippen LogP contribution is -2.61. The number of allylic oxidation sites excluding steroid dienone is 2. The monoisotopic (exact) mass is 557 g/mol. The molecule has 0 bridgehead atoms. The number of nitrogens with zero attached hydrogens (tertiary/aromatic N) is 1. The Morgan fingerprint density at radius 2 is 1.77 bits per heavy atom. The topological polar surface area (TPSA) is 109 Å². The quantitative estimate of drug-likeness (QED) is 0.230. The van der Waals surface area contributed by atoms with Gasteiger partial charge >= 0.3 is 0 Å². The van der Waals surface area contributed by atoms with Crippen LogP contribution in [-0.2, 0) is 14.3 Å². The van der Waals surface area contributed by atoms with E-state index in [4.69, 9.17) is 9.47 Å². The molecule has 5 fully saturated rings. The minimum absolute atomic E-state index is 0.152. The van der Waals surface area contributed by atoms with Gasteiger partial charge in [-0.2, -0.15) is 0 Å². The molecule has 0 amide bonds. The molecule has 7 heteroatoms. The minimum atomic E-state index is -1.21. The Hall–Kier alpha value is -1.15. The fraction of sp³-hybridized carbons (Fsp3) is 0.909. The fourth-order valence-corrected chi connectivity index (χ4v) is 11.0. The Balaban J connectivity index is 1.32. The second kappa shape index (κ2) is 9.68. The Morgan fingerprint density at radius 1 is 1.02 bits per heavy atom. The van der Waals surface area contributed by atoms with Crippen molar-refractivity contribution >= 4 is 5.78 Å². The summed E-state index contributed by atoms with van der Waals surface area (Å²) < 4.78 is 11.3. The Bertz CT molecular complexity index is 1070. The normalized spacial score (nSPS) is 49.8. The van der Waals surface area contributed by atoms with Gasteiger partial charge in [0.15, 0.2) is 6.29 Å². The van der Waals surface area contributed by atoms with E-state index in [9.17, 15) is 19.9 Å². The van der Waals surface area contributed by atoms with Crippen molar-refractivity contribution in [1.82, 2.24) is 0 Å². The summed E-state index contributed by atoms with van der Waals surface area (Å²) in [5.41, 5.74) is 1.57. The number of rotatable bonds is 6. The van der Waals surface area contributed by atoms with Gasteiger partial charge in [-0.3, -0.25) is 4.79 Å². The molecule has 0 aromatic heterocycles. The van der Waals surface area contributed by atoms with Crippen LogP contribution >= 0.6 is 0 Å². The first kappa shape index (κ1) is 28.9. The molecule has 6 aliphatic rings. The van der Waals surface area contributed by atoms with Gasteiger partial charge in [-0.15, -0.1) is 4.91 Å². The summed E-state index contributed by atoms with van der Waals surface area (Å²) in [6.07, 6.45) is 8.17. The first-order valence-electron chi connectivity index (χ1n) is 16.0. The Morgan fingerprint density at radius 3 is 2.45 bits per heavy atom. The van der Waals surface area contributed by atoms with Gasteiger partial charge in [0.2, 0.25) is 6.23 Å². The van der Waals surface area contributed by atoms with Gasteiger partial charge in [0.05, 0.1) is 6.10 Å². The van der Waals surface area contributed by atoms with Crippen molar-refractivity contribution in [3.8, 4) is 0 Å². The molecule has 1 aliphatic heterocycles. The van der Waals surface area contributed by atoms with Crippen molar-refractivity contribution in [1.29, 1.82) is 0 Å². The molecule has 1 heterocycles. The van der Waals surface area contributed by atoms with Crippen LogP contribution in [0, 0.1) is 56.2 Å². The number of aliphatic hydroxyl groups is 2. The highest BCUT2D eigenvalue weighted by atomic mass is 16.8. The van der Waals surface area contributed by atoms with E-state index in [1.807, 2.05) is 0 Å². The molecule has 5 aliphatic carbocycles. The minimum Gasteiger partial charge on any atom is -0.391 e. The van der Waals surface area contributed by atoms with Crippen LogP contribution in [0.3, 0.4) is 0 Å². The molecular formula is C33H51NO6. The van der Waals surface area contributed by atoms with E-state index in [0.717, 1.165) is 64.2 Å². The third-order valence-electron chi connectivity index (χ3n) is 13.5. The molecule has 1 saturated heterocycles.